The maximum atomic E-state index is 10.2. The summed E-state index contributed by atoms with van der Waals surface area (Å²) in [5.41, 5.74) is -0.839. The lowest BCUT2D eigenvalue weighted by molar-refractivity contribution is -0.161. The Bertz CT molecular complexity index is 281. The Morgan fingerprint density at radius 2 is 2.17 bits per heavy atom. The van der Waals surface area contributed by atoms with Crippen LogP contribution in [0.1, 0.15) is 33.1 Å². The second-order valence-corrected chi connectivity index (χ2v) is 5.50. The van der Waals surface area contributed by atoms with Crippen molar-refractivity contribution < 1.29 is 19.3 Å². The minimum absolute atomic E-state index is 0.251. The standard InChI is InChI=1S/C14H26O4/c1-6-18-10-14(3,17-5)11-7-8-13(2,16-4)12(15)9-11/h6,11-12,15H,1,7-10H2,2-5H3. The predicted octanol–water partition coefficient (Wildman–Crippen LogP) is 2.12. The molecule has 4 atom stereocenters. The zero-order valence-corrected chi connectivity index (χ0v) is 11.9. The number of ether oxygens (including phenoxy) is 3. The maximum absolute atomic E-state index is 10.2. The van der Waals surface area contributed by atoms with E-state index in [1.54, 1.807) is 14.2 Å². The van der Waals surface area contributed by atoms with Crippen molar-refractivity contribution >= 4 is 0 Å². The Balaban J connectivity index is 2.71. The first-order valence-corrected chi connectivity index (χ1v) is 6.42. The molecule has 4 unspecified atom stereocenters. The van der Waals surface area contributed by atoms with Crippen LogP contribution in [0.4, 0.5) is 0 Å². The van der Waals surface area contributed by atoms with E-state index in [0.717, 1.165) is 12.8 Å². The van der Waals surface area contributed by atoms with Gasteiger partial charge in [-0.05, 0) is 39.0 Å². The number of aliphatic hydroxyl groups is 1. The smallest absolute Gasteiger partial charge is 0.116 e. The van der Waals surface area contributed by atoms with Gasteiger partial charge < -0.3 is 19.3 Å². The van der Waals surface area contributed by atoms with Gasteiger partial charge >= 0.3 is 0 Å². The summed E-state index contributed by atoms with van der Waals surface area (Å²) in [6, 6.07) is 0. The lowest BCUT2D eigenvalue weighted by atomic mass is 9.71. The van der Waals surface area contributed by atoms with E-state index >= 15 is 0 Å². The number of methoxy groups -OCH3 is 2. The van der Waals surface area contributed by atoms with Gasteiger partial charge in [0.15, 0.2) is 0 Å². The second kappa shape index (κ2) is 6.04. The van der Waals surface area contributed by atoms with E-state index in [9.17, 15) is 5.11 Å². The Kier molecular flexibility index (Phi) is 5.20. The highest BCUT2D eigenvalue weighted by Gasteiger charge is 2.45. The van der Waals surface area contributed by atoms with Crippen LogP contribution in [0.25, 0.3) is 0 Å². The summed E-state index contributed by atoms with van der Waals surface area (Å²) in [7, 11) is 3.34. The molecule has 0 amide bonds. The van der Waals surface area contributed by atoms with Crippen molar-refractivity contribution in [1.29, 1.82) is 0 Å². The van der Waals surface area contributed by atoms with Gasteiger partial charge in [0, 0.05) is 14.2 Å². The average Bonchev–Trinajstić information content (AvgIpc) is 2.39. The van der Waals surface area contributed by atoms with E-state index in [4.69, 9.17) is 14.2 Å². The Morgan fingerprint density at radius 3 is 2.61 bits per heavy atom. The van der Waals surface area contributed by atoms with Gasteiger partial charge in [-0.25, -0.2) is 0 Å². The van der Waals surface area contributed by atoms with Gasteiger partial charge in [0.1, 0.15) is 12.2 Å². The highest BCUT2D eigenvalue weighted by molar-refractivity contribution is 4.97. The van der Waals surface area contributed by atoms with E-state index in [1.165, 1.54) is 6.26 Å². The minimum Gasteiger partial charge on any atom is -0.499 e. The highest BCUT2D eigenvalue weighted by Crippen LogP contribution is 2.40. The van der Waals surface area contributed by atoms with E-state index in [2.05, 4.69) is 6.58 Å². The maximum Gasteiger partial charge on any atom is 0.116 e. The molecule has 0 aromatic rings. The third kappa shape index (κ3) is 3.05. The molecule has 106 valence electrons. The van der Waals surface area contributed by atoms with Crippen LogP contribution in [0.3, 0.4) is 0 Å². The van der Waals surface area contributed by atoms with E-state index in [1.807, 2.05) is 13.8 Å². The summed E-state index contributed by atoms with van der Waals surface area (Å²) < 4.78 is 16.3. The molecule has 1 N–H and O–H groups in total. The Morgan fingerprint density at radius 1 is 1.50 bits per heavy atom. The molecule has 0 radical (unpaired) electrons. The molecule has 0 aromatic carbocycles. The third-order valence-electron chi connectivity index (χ3n) is 4.49. The first kappa shape index (κ1) is 15.5. The van der Waals surface area contributed by atoms with Crippen LogP contribution in [0.2, 0.25) is 0 Å². The van der Waals surface area contributed by atoms with Gasteiger partial charge in [-0.3, -0.25) is 0 Å². The molecule has 1 aliphatic rings. The van der Waals surface area contributed by atoms with Crippen molar-refractivity contribution in [3.8, 4) is 0 Å². The molecule has 1 fully saturated rings. The molecule has 0 bridgehead atoms. The summed E-state index contributed by atoms with van der Waals surface area (Å²) in [5.74, 6) is 0.251. The molecule has 18 heavy (non-hydrogen) atoms. The summed E-state index contributed by atoms with van der Waals surface area (Å²) in [5, 5.41) is 10.2. The fourth-order valence-electron chi connectivity index (χ4n) is 2.62. The van der Waals surface area contributed by atoms with E-state index < -0.39 is 17.3 Å². The molecule has 1 saturated carbocycles. The lowest BCUT2D eigenvalue weighted by Crippen LogP contribution is -2.52. The monoisotopic (exact) mass is 258 g/mol. The summed E-state index contributed by atoms with van der Waals surface area (Å²) in [6.45, 7) is 7.97. The van der Waals surface area contributed by atoms with Gasteiger partial charge in [-0.2, -0.15) is 0 Å². The summed E-state index contributed by atoms with van der Waals surface area (Å²) in [4.78, 5) is 0. The predicted molar refractivity (Wildman–Crippen MR) is 70.3 cm³/mol. The first-order chi connectivity index (χ1) is 8.41. The number of rotatable bonds is 6. The zero-order valence-electron chi connectivity index (χ0n) is 11.9. The van der Waals surface area contributed by atoms with Crippen LogP contribution in [-0.4, -0.2) is 43.2 Å². The lowest BCUT2D eigenvalue weighted by Gasteiger charge is -2.46. The van der Waals surface area contributed by atoms with Crippen molar-refractivity contribution in [2.45, 2.75) is 50.4 Å². The van der Waals surface area contributed by atoms with Crippen molar-refractivity contribution in [2.75, 3.05) is 20.8 Å². The van der Waals surface area contributed by atoms with Crippen LogP contribution >= 0.6 is 0 Å². The van der Waals surface area contributed by atoms with Crippen LogP contribution in [0.15, 0.2) is 12.8 Å². The SMILES string of the molecule is C=COCC(C)(OC)C1CCC(C)(OC)C(O)C1. The molecular weight excluding hydrogens is 232 g/mol. The van der Waals surface area contributed by atoms with Crippen LogP contribution in [0.5, 0.6) is 0 Å². The quantitative estimate of drug-likeness (QED) is 0.741. The third-order valence-corrected chi connectivity index (χ3v) is 4.49. The molecule has 0 aliphatic heterocycles. The van der Waals surface area contributed by atoms with Crippen LogP contribution < -0.4 is 0 Å². The molecule has 4 heteroatoms. The normalized spacial score (nSPS) is 35.8. The summed E-state index contributed by atoms with van der Waals surface area (Å²) >= 11 is 0. The molecule has 1 aliphatic carbocycles. The van der Waals surface area contributed by atoms with Crippen molar-refractivity contribution in [3.05, 3.63) is 12.8 Å². The fourth-order valence-corrected chi connectivity index (χ4v) is 2.62. The number of aliphatic hydroxyl groups excluding tert-OH is 1. The Hall–Kier alpha value is -0.580. The molecule has 0 heterocycles. The molecule has 0 saturated heterocycles. The molecule has 0 aromatic heterocycles. The molecule has 1 rings (SSSR count). The fraction of sp³-hybridized carbons (Fsp3) is 0.857. The Labute approximate surface area is 110 Å². The van der Waals surface area contributed by atoms with Gasteiger partial charge in [0.2, 0.25) is 0 Å². The van der Waals surface area contributed by atoms with Crippen LogP contribution in [-0.2, 0) is 14.2 Å². The topological polar surface area (TPSA) is 47.9 Å². The highest BCUT2D eigenvalue weighted by atomic mass is 16.5. The number of hydrogen-bond donors (Lipinski definition) is 1. The van der Waals surface area contributed by atoms with Crippen molar-refractivity contribution in [2.24, 2.45) is 5.92 Å². The average molecular weight is 258 g/mol. The number of hydrogen-bond acceptors (Lipinski definition) is 4. The van der Waals surface area contributed by atoms with E-state index in [0.29, 0.717) is 13.0 Å². The van der Waals surface area contributed by atoms with Gasteiger partial charge in [0.25, 0.3) is 0 Å². The largest absolute Gasteiger partial charge is 0.499 e. The van der Waals surface area contributed by atoms with E-state index in [-0.39, 0.29) is 5.92 Å². The van der Waals surface area contributed by atoms with Gasteiger partial charge in [-0.1, -0.05) is 6.58 Å². The minimum atomic E-state index is -0.473. The zero-order chi connectivity index (χ0) is 13.8. The molecule has 4 nitrogen and oxygen atoms in total. The van der Waals surface area contributed by atoms with Gasteiger partial charge in [-0.15, -0.1) is 0 Å². The first-order valence-electron chi connectivity index (χ1n) is 6.42. The second-order valence-electron chi connectivity index (χ2n) is 5.50. The summed E-state index contributed by atoms with van der Waals surface area (Å²) in [6.07, 6.45) is 3.39. The van der Waals surface area contributed by atoms with Crippen molar-refractivity contribution in [3.63, 3.8) is 0 Å². The van der Waals surface area contributed by atoms with Gasteiger partial charge in [0.05, 0.1) is 18.0 Å². The van der Waals surface area contributed by atoms with Crippen LogP contribution in [0, 0.1) is 5.92 Å². The van der Waals surface area contributed by atoms with Crippen molar-refractivity contribution in [1.82, 2.24) is 0 Å². The molecule has 0 spiro atoms. The molecular formula is C14H26O4.